The average molecular weight is 453 g/mol. The molecule has 0 atom stereocenters. The van der Waals surface area contributed by atoms with Crippen LogP contribution in [0.25, 0.3) is 0 Å². The predicted octanol–water partition coefficient (Wildman–Crippen LogP) is 5.49. The molecule has 4 rings (SSSR count). The van der Waals surface area contributed by atoms with Gasteiger partial charge in [0.1, 0.15) is 0 Å². The number of carbonyl (C=O) groups is 1. The van der Waals surface area contributed by atoms with Crippen LogP contribution in [-0.2, 0) is 0 Å². The summed E-state index contributed by atoms with van der Waals surface area (Å²) >= 11 is 0. The number of benzene rings is 2. The molecule has 0 bridgehead atoms. The molecule has 1 saturated carbocycles. The number of urea groups is 1. The Hall–Kier alpha value is -2.98. The molecule has 1 aliphatic carbocycles. The zero-order chi connectivity index (χ0) is 23.2. The number of hydrogen-bond donors (Lipinski definition) is 1. The summed E-state index contributed by atoms with van der Waals surface area (Å²) in [5.41, 5.74) is 2.11. The van der Waals surface area contributed by atoms with Crippen LogP contribution in [0.2, 0.25) is 0 Å². The number of anilines is 1. The molecule has 1 heterocycles. The van der Waals surface area contributed by atoms with Gasteiger partial charge in [-0.05, 0) is 87.4 Å². The summed E-state index contributed by atoms with van der Waals surface area (Å²) in [6.07, 6.45) is 6.00. The van der Waals surface area contributed by atoms with Gasteiger partial charge in [0.2, 0.25) is 0 Å². The van der Waals surface area contributed by atoms with Crippen molar-refractivity contribution in [2.75, 3.05) is 31.5 Å². The van der Waals surface area contributed by atoms with Crippen molar-refractivity contribution in [1.82, 2.24) is 9.80 Å². The third kappa shape index (κ3) is 5.88. The highest BCUT2D eigenvalue weighted by Gasteiger charge is 2.30. The lowest BCUT2D eigenvalue weighted by Crippen LogP contribution is -2.47. The zero-order valence-electron chi connectivity index (χ0n) is 18.8. The highest BCUT2D eigenvalue weighted by Crippen LogP contribution is 2.35. The zero-order valence-corrected chi connectivity index (χ0v) is 18.8. The number of rotatable bonds is 6. The Labute approximate surface area is 194 Å². The van der Waals surface area contributed by atoms with Gasteiger partial charge in [-0.1, -0.05) is 12.1 Å². The summed E-state index contributed by atoms with van der Waals surface area (Å²) in [4.78, 5) is 17.4. The molecule has 2 aromatic carbocycles. The monoisotopic (exact) mass is 452 g/mol. The second-order valence-corrected chi connectivity index (χ2v) is 9.04. The number of amides is 2. The van der Waals surface area contributed by atoms with Crippen LogP contribution in [0, 0.1) is 23.0 Å². The second kappa shape index (κ2) is 10.8. The van der Waals surface area contributed by atoms with Crippen LogP contribution in [0.3, 0.4) is 0 Å². The summed E-state index contributed by atoms with van der Waals surface area (Å²) in [6, 6.07) is 13.2. The van der Waals surface area contributed by atoms with E-state index >= 15 is 0 Å². The van der Waals surface area contributed by atoms with Crippen LogP contribution in [0.5, 0.6) is 0 Å². The Kier molecular flexibility index (Phi) is 7.56. The van der Waals surface area contributed by atoms with E-state index in [-0.39, 0.29) is 17.8 Å². The molecule has 2 amide bonds. The van der Waals surface area contributed by atoms with Gasteiger partial charge < -0.3 is 15.1 Å². The average Bonchev–Trinajstić information content (AvgIpc) is 3.36. The molecule has 0 radical (unpaired) electrons. The number of nitrogens with zero attached hydrogens (tertiary/aromatic N) is 3. The lowest BCUT2D eigenvalue weighted by Gasteiger charge is -2.38. The number of carbonyl (C=O) groups excluding carboxylic acids is 1. The van der Waals surface area contributed by atoms with E-state index in [4.69, 9.17) is 0 Å². The van der Waals surface area contributed by atoms with E-state index in [0.29, 0.717) is 18.0 Å². The van der Waals surface area contributed by atoms with Gasteiger partial charge in [0.05, 0.1) is 11.6 Å². The molecule has 2 aromatic rings. The van der Waals surface area contributed by atoms with Gasteiger partial charge in [0.15, 0.2) is 11.6 Å². The SMILES string of the molecule is N#Cc1cccc(C2CCC(N(CCN3CCCC3)C(=O)Nc3ccc(F)c(F)c3)CC2)c1. The molecule has 0 spiro atoms. The molecular formula is C26H30F2N4O. The van der Waals surface area contributed by atoms with Gasteiger partial charge in [0, 0.05) is 30.9 Å². The normalized spacial score (nSPS) is 20.9. The minimum absolute atomic E-state index is 0.0910. The first-order valence-electron chi connectivity index (χ1n) is 11.8. The van der Waals surface area contributed by atoms with Crippen molar-refractivity contribution in [3.05, 3.63) is 65.2 Å². The molecule has 0 aromatic heterocycles. The number of likely N-dealkylation sites (tertiary alicyclic amines) is 1. The van der Waals surface area contributed by atoms with Gasteiger partial charge in [0.25, 0.3) is 0 Å². The molecule has 174 valence electrons. The van der Waals surface area contributed by atoms with Crippen molar-refractivity contribution < 1.29 is 13.6 Å². The summed E-state index contributed by atoms with van der Waals surface area (Å²) in [5, 5.41) is 12.0. The lowest BCUT2D eigenvalue weighted by molar-refractivity contribution is 0.151. The number of nitrogens with one attached hydrogen (secondary N) is 1. The summed E-state index contributed by atoms with van der Waals surface area (Å²) in [7, 11) is 0. The minimum Gasteiger partial charge on any atom is -0.320 e. The van der Waals surface area contributed by atoms with E-state index in [1.54, 1.807) is 0 Å². The van der Waals surface area contributed by atoms with Crippen LogP contribution >= 0.6 is 0 Å². The van der Waals surface area contributed by atoms with Gasteiger partial charge >= 0.3 is 6.03 Å². The van der Waals surface area contributed by atoms with Crippen LogP contribution in [0.1, 0.15) is 55.6 Å². The Bertz CT molecular complexity index is 1010. The van der Waals surface area contributed by atoms with Crippen molar-refractivity contribution in [3.63, 3.8) is 0 Å². The lowest BCUT2D eigenvalue weighted by atomic mass is 9.81. The molecular weight excluding hydrogens is 422 g/mol. The molecule has 2 aliphatic rings. The maximum Gasteiger partial charge on any atom is 0.322 e. The topological polar surface area (TPSA) is 59.4 Å². The van der Waals surface area contributed by atoms with E-state index in [1.165, 1.54) is 24.5 Å². The van der Waals surface area contributed by atoms with Crippen molar-refractivity contribution in [2.24, 2.45) is 0 Å². The molecule has 1 saturated heterocycles. The molecule has 1 N–H and O–H groups in total. The van der Waals surface area contributed by atoms with Crippen LogP contribution in [0.15, 0.2) is 42.5 Å². The third-order valence-electron chi connectivity index (χ3n) is 6.91. The van der Waals surface area contributed by atoms with Gasteiger partial charge in [-0.3, -0.25) is 0 Å². The Morgan fingerprint density at radius 3 is 2.52 bits per heavy atom. The second-order valence-electron chi connectivity index (χ2n) is 9.04. The van der Waals surface area contributed by atoms with Crippen LogP contribution < -0.4 is 5.32 Å². The van der Waals surface area contributed by atoms with E-state index in [2.05, 4.69) is 22.4 Å². The summed E-state index contributed by atoms with van der Waals surface area (Å²) < 4.78 is 26.9. The van der Waals surface area contributed by atoms with Gasteiger partial charge in [-0.2, -0.15) is 5.26 Å². The first-order valence-corrected chi connectivity index (χ1v) is 11.8. The predicted molar refractivity (Wildman–Crippen MR) is 124 cm³/mol. The maximum atomic E-state index is 13.6. The quantitative estimate of drug-likeness (QED) is 0.630. The van der Waals surface area contributed by atoms with Crippen molar-refractivity contribution in [1.29, 1.82) is 5.26 Å². The Morgan fingerprint density at radius 2 is 1.82 bits per heavy atom. The third-order valence-corrected chi connectivity index (χ3v) is 6.91. The molecule has 33 heavy (non-hydrogen) atoms. The number of hydrogen-bond acceptors (Lipinski definition) is 3. The van der Waals surface area contributed by atoms with Crippen molar-refractivity contribution in [2.45, 2.75) is 50.5 Å². The van der Waals surface area contributed by atoms with Crippen molar-refractivity contribution >= 4 is 11.7 Å². The molecule has 1 aliphatic heterocycles. The van der Waals surface area contributed by atoms with E-state index < -0.39 is 11.6 Å². The fourth-order valence-corrected chi connectivity index (χ4v) is 5.06. The fraction of sp³-hybridized carbons (Fsp3) is 0.462. The van der Waals surface area contributed by atoms with E-state index in [1.807, 2.05) is 23.1 Å². The maximum absolute atomic E-state index is 13.6. The minimum atomic E-state index is -0.975. The van der Waals surface area contributed by atoms with E-state index in [0.717, 1.165) is 57.5 Å². The van der Waals surface area contributed by atoms with Crippen LogP contribution in [0.4, 0.5) is 19.3 Å². The number of nitriles is 1. The highest BCUT2D eigenvalue weighted by atomic mass is 19.2. The molecule has 0 unspecified atom stereocenters. The van der Waals surface area contributed by atoms with E-state index in [9.17, 15) is 18.8 Å². The first kappa shape index (κ1) is 23.2. The molecule has 2 fully saturated rings. The number of halogens is 2. The van der Waals surface area contributed by atoms with Gasteiger partial charge in [-0.25, -0.2) is 13.6 Å². The molecule has 7 heteroatoms. The summed E-state index contributed by atoms with van der Waals surface area (Å²) in [5.74, 6) is -1.53. The Balaban J connectivity index is 1.43. The van der Waals surface area contributed by atoms with Crippen LogP contribution in [-0.4, -0.2) is 48.1 Å². The first-order chi connectivity index (χ1) is 16.0. The Morgan fingerprint density at radius 1 is 1.06 bits per heavy atom. The fourth-order valence-electron chi connectivity index (χ4n) is 5.06. The molecule has 5 nitrogen and oxygen atoms in total. The largest absolute Gasteiger partial charge is 0.322 e. The van der Waals surface area contributed by atoms with Crippen molar-refractivity contribution in [3.8, 4) is 6.07 Å². The summed E-state index contributed by atoms with van der Waals surface area (Å²) in [6.45, 7) is 3.53. The standard InChI is InChI=1S/C26H30F2N4O/c27-24-11-8-22(17-25(24)28)30-26(33)32(15-14-31-12-1-2-13-31)23-9-6-20(7-10-23)21-5-3-4-19(16-21)18-29/h3-5,8,11,16-17,20,23H,1-2,6-7,9-10,12-15H2,(H,30,33). The van der Waals surface area contributed by atoms with Gasteiger partial charge in [-0.15, -0.1) is 0 Å². The highest BCUT2D eigenvalue weighted by molar-refractivity contribution is 5.89. The smallest absolute Gasteiger partial charge is 0.320 e.